The van der Waals surface area contributed by atoms with E-state index >= 15 is 0 Å². The molecule has 0 saturated carbocycles. The summed E-state index contributed by atoms with van der Waals surface area (Å²) in [6.45, 7) is 4.91. The van der Waals surface area contributed by atoms with Gasteiger partial charge in [-0.2, -0.15) is 0 Å². The van der Waals surface area contributed by atoms with Crippen LogP contribution in [0.4, 0.5) is 0 Å². The predicted octanol–water partition coefficient (Wildman–Crippen LogP) is 3.60. The van der Waals surface area contributed by atoms with Gasteiger partial charge in [0, 0.05) is 5.75 Å². The van der Waals surface area contributed by atoms with Gasteiger partial charge in [0.1, 0.15) is 0 Å². The molecule has 0 unspecified atom stereocenters. The average Bonchev–Trinajstić information content (AvgIpc) is 3.04. The van der Waals surface area contributed by atoms with Crippen LogP contribution in [0.2, 0.25) is 0 Å². The minimum atomic E-state index is -3.53. The van der Waals surface area contributed by atoms with Crippen molar-refractivity contribution < 1.29 is 8.42 Å². The summed E-state index contributed by atoms with van der Waals surface area (Å²) in [6, 6.07) is 15.2. The quantitative estimate of drug-likeness (QED) is 0.837. The molecule has 4 nitrogen and oxygen atoms in total. The second kappa shape index (κ2) is 6.99. The fraction of sp³-hybridized carbons (Fsp3) is 0.278. The van der Waals surface area contributed by atoms with E-state index in [1.165, 1.54) is 21.6 Å². The monoisotopic (exact) mass is 360 g/mol. The van der Waals surface area contributed by atoms with E-state index in [0.717, 1.165) is 11.1 Å². The third-order valence-electron chi connectivity index (χ3n) is 3.86. The van der Waals surface area contributed by atoms with Crippen LogP contribution < -0.4 is 0 Å². The molecular weight excluding hydrogens is 340 g/mol. The molecule has 6 heteroatoms. The molecule has 0 aromatic heterocycles. The van der Waals surface area contributed by atoms with Crippen LogP contribution in [0.5, 0.6) is 0 Å². The van der Waals surface area contributed by atoms with Crippen molar-refractivity contribution in [3.05, 3.63) is 65.2 Å². The van der Waals surface area contributed by atoms with Gasteiger partial charge in [-0.15, -0.1) is 0 Å². The number of nitrogens with zero attached hydrogens (tertiary/aromatic N) is 2. The van der Waals surface area contributed by atoms with Gasteiger partial charge in [-0.1, -0.05) is 59.3 Å². The van der Waals surface area contributed by atoms with E-state index in [9.17, 15) is 8.42 Å². The fourth-order valence-electron chi connectivity index (χ4n) is 2.42. The number of aryl methyl sites for hydroxylation is 2. The van der Waals surface area contributed by atoms with E-state index in [1.54, 1.807) is 12.1 Å². The van der Waals surface area contributed by atoms with Gasteiger partial charge in [0.25, 0.3) is 10.0 Å². The molecule has 0 atom stereocenters. The average molecular weight is 361 g/mol. The maximum Gasteiger partial charge on any atom is 0.265 e. The minimum Gasteiger partial charge on any atom is -0.260 e. The highest BCUT2D eigenvalue weighted by atomic mass is 32.2. The first kappa shape index (κ1) is 17.0. The van der Waals surface area contributed by atoms with Crippen LogP contribution in [0.3, 0.4) is 0 Å². The molecule has 1 heterocycles. The Morgan fingerprint density at radius 2 is 1.58 bits per heavy atom. The van der Waals surface area contributed by atoms with E-state index in [0.29, 0.717) is 28.9 Å². The topological polar surface area (TPSA) is 49.7 Å². The second-order valence-electron chi connectivity index (χ2n) is 5.83. The lowest BCUT2D eigenvalue weighted by Gasteiger charge is -2.20. The van der Waals surface area contributed by atoms with Crippen molar-refractivity contribution in [1.82, 2.24) is 4.31 Å². The van der Waals surface area contributed by atoms with Gasteiger partial charge in [-0.3, -0.25) is 4.99 Å². The second-order valence-corrected chi connectivity index (χ2v) is 8.63. The summed E-state index contributed by atoms with van der Waals surface area (Å²) in [5, 5.41) is 0.580. The standard InChI is InChI=1S/C18H20N2O2S2/c1-14-3-7-16(8-4-14)13-23-18-19-11-12-20(18)24(21,22)17-9-5-15(2)6-10-17/h3-10H,11-13H2,1-2H3. The molecule has 0 fully saturated rings. The lowest BCUT2D eigenvalue weighted by atomic mass is 10.2. The van der Waals surface area contributed by atoms with Crippen LogP contribution in [0.25, 0.3) is 0 Å². The van der Waals surface area contributed by atoms with Crippen molar-refractivity contribution in [3.8, 4) is 0 Å². The number of hydrogen-bond donors (Lipinski definition) is 0. The van der Waals surface area contributed by atoms with E-state index in [-0.39, 0.29) is 0 Å². The molecule has 2 aromatic carbocycles. The third kappa shape index (κ3) is 3.65. The van der Waals surface area contributed by atoms with Crippen molar-refractivity contribution in [2.45, 2.75) is 24.5 Å². The first-order valence-corrected chi connectivity index (χ1v) is 10.2. The SMILES string of the molecule is Cc1ccc(CSC2=NCCN2S(=O)(=O)c2ccc(C)cc2)cc1. The van der Waals surface area contributed by atoms with Crippen LogP contribution in [0.1, 0.15) is 16.7 Å². The summed E-state index contributed by atoms with van der Waals surface area (Å²) < 4.78 is 27.1. The Morgan fingerprint density at radius 1 is 1.00 bits per heavy atom. The molecule has 0 radical (unpaired) electrons. The molecule has 3 rings (SSSR count). The van der Waals surface area contributed by atoms with Gasteiger partial charge >= 0.3 is 0 Å². The van der Waals surface area contributed by atoms with Crippen molar-refractivity contribution in [2.75, 3.05) is 13.1 Å². The van der Waals surface area contributed by atoms with Gasteiger partial charge in [0.15, 0.2) is 5.17 Å². The summed E-state index contributed by atoms with van der Waals surface area (Å²) in [5.74, 6) is 0.707. The number of hydrogen-bond acceptors (Lipinski definition) is 4. The number of aliphatic imine (C=N–C) groups is 1. The molecule has 0 aliphatic carbocycles. The van der Waals surface area contributed by atoms with Crippen molar-refractivity contribution in [3.63, 3.8) is 0 Å². The van der Waals surface area contributed by atoms with Crippen LogP contribution >= 0.6 is 11.8 Å². The van der Waals surface area contributed by atoms with Gasteiger partial charge in [0.2, 0.25) is 0 Å². The highest BCUT2D eigenvalue weighted by Gasteiger charge is 2.30. The van der Waals surface area contributed by atoms with E-state index in [1.807, 2.05) is 26.0 Å². The molecule has 1 aliphatic rings. The zero-order chi connectivity index (χ0) is 17.2. The molecule has 24 heavy (non-hydrogen) atoms. The summed E-state index contributed by atoms with van der Waals surface area (Å²) in [4.78, 5) is 4.70. The van der Waals surface area contributed by atoms with Crippen molar-refractivity contribution in [2.24, 2.45) is 4.99 Å². The van der Waals surface area contributed by atoms with E-state index in [2.05, 4.69) is 29.3 Å². The smallest absolute Gasteiger partial charge is 0.260 e. The lowest BCUT2D eigenvalue weighted by molar-refractivity contribution is 0.540. The first-order valence-electron chi connectivity index (χ1n) is 7.79. The fourth-order valence-corrected chi connectivity index (χ4v) is 5.10. The Balaban J connectivity index is 1.75. The Morgan fingerprint density at radius 3 is 2.21 bits per heavy atom. The highest BCUT2D eigenvalue weighted by molar-refractivity contribution is 8.14. The predicted molar refractivity (Wildman–Crippen MR) is 99.8 cm³/mol. The Hall–Kier alpha value is -1.79. The summed E-state index contributed by atoms with van der Waals surface area (Å²) >= 11 is 1.47. The number of benzene rings is 2. The Kier molecular flexibility index (Phi) is 4.96. The molecule has 1 aliphatic heterocycles. The number of rotatable bonds is 4. The van der Waals surface area contributed by atoms with E-state index < -0.39 is 10.0 Å². The largest absolute Gasteiger partial charge is 0.265 e. The van der Waals surface area contributed by atoms with E-state index in [4.69, 9.17) is 0 Å². The maximum absolute atomic E-state index is 12.8. The van der Waals surface area contributed by atoms with Crippen molar-refractivity contribution in [1.29, 1.82) is 0 Å². The molecule has 2 aromatic rings. The van der Waals surface area contributed by atoms with Gasteiger partial charge in [-0.05, 0) is 31.5 Å². The summed E-state index contributed by atoms with van der Waals surface area (Å²) in [5.41, 5.74) is 3.41. The minimum absolute atomic E-state index is 0.318. The van der Waals surface area contributed by atoms with Crippen LogP contribution in [-0.4, -0.2) is 31.0 Å². The summed E-state index contributed by atoms with van der Waals surface area (Å²) in [6.07, 6.45) is 0. The van der Waals surface area contributed by atoms with Crippen LogP contribution in [0, 0.1) is 13.8 Å². The molecule has 0 N–H and O–H groups in total. The summed E-state index contributed by atoms with van der Waals surface area (Å²) in [7, 11) is -3.53. The Bertz CT molecular complexity index is 842. The van der Waals surface area contributed by atoms with Gasteiger partial charge in [-0.25, -0.2) is 12.7 Å². The number of thioether (sulfide) groups is 1. The van der Waals surface area contributed by atoms with Crippen molar-refractivity contribution >= 4 is 27.0 Å². The molecule has 0 saturated heterocycles. The zero-order valence-electron chi connectivity index (χ0n) is 13.8. The molecule has 0 amide bonds. The lowest BCUT2D eigenvalue weighted by Crippen LogP contribution is -2.32. The first-order chi connectivity index (χ1) is 11.5. The van der Waals surface area contributed by atoms with Gasteiger partial charge in [0.05, 0.1) is 18.0 Å². The number of sulfonamides is 1. The zero-order valence-corrected chi connectivity index (χ0v) is 15.4. The van der Waals surface area contributed by atoms with Crippen LogP contribution in [0.15, 0.2) is 58.4 Å². The van der Waals surface area contributed by atoms with Crippen LogP contribution in [-0.2, 0) is 15.8 Å². The highest BCUT2D eigenvalue weighted by Crippen LogP contribution is 2.26. The normalized spacial score (nSPS) is 14.8. The molecule has 0 spiro atoms. The Labute approximate surface area is 147 Å². The number of amidine groups is 1. The van der Waals surface area contributed by atoms with Gasteiger partial charge < -0.3 is 0 Å². The molecule has 0 bridgehead atoms. The maximum atomic E-state index is 12.8. The third-order valence-corrected chi connectivity index (χ3v) is 6.87. The molecule has 126 valence electrons. The molecular formula is C18H20N2O2S2.